The molecule has 2 heterocycles. The van der Waals surface area contributed by atoms with Gasteiger partial charge in [0.2, 0.25) is 0 Å². The summed E-state index contributed by atoms with van der Waals surface area (Å²) in [7, 11) is 0. The fraction of sp³-hybridized carbons (Fsp3) is 0.750. The van der Waals surface area contributed by atoms with E-state index in [0.29, 0.717) is 6.04 Å². The third kappa shape index (κ3) is 3.84. The summed E-state index contributed by atoms with van der Waals surface area (Å²) in [6.07, 6.45) is 5.10. The Balaban J connectivity index is 1.81. The topological polar surface area (TPSA) is 61.0 Å². The number of hydrogen-bond donors (Lipinski definition) is 2. The van der Waals surface area contributed by atoms with Gasteiger partial charge in [0.15, 0.2) is 0 Å². The summed E-state index contributed by atoms with van der Waals surface area (Å²) in [5.74, 6) is 2.67. The third-order valence-corrected chi connectivity index (χ3v) is 4.40. The lowest BCUT2D eigenvalue weighted by molar-refractivity contribution is 0.565. The van der Waals surface area contributed by atoms with Crippen LogP contribution in [0.3, 0.4) is 0 Å². The average Bonchev–Trinajstić information content (AvgIpc) is 3.11. The van der Waals surface area contributed by atoms with Crippen molar-refractivity contribution in [2.75, 3.05) is 24.5 Å². The minimum Gasteiger partial charge on any atom is -0.355 e. The van der Waals surface area contributed by atoms with Crippen LogP contribution in [-0.2, 0) is 0 Å². The van der Waals surface area contributed by atoms with E-state index in [1.54, 1.807) is 6.07 Å². The number of aromatic amines is 1. The number of nitrogens with zero attached hydrogens (tertiary/aromatic N) is 2. The highest BCUT2D eigenvalue weighted by Gasteiger charge is 2.27. The van der Waals surface area contributed by atoms with E-state index in [2.05, 4.69) is 29.0 Å². The van der Waals surface area contributed by atoms with Crippen LogP contribution in [0.4, 0.5) is 5.82 Å². The molecule has 1 unspecified atom stereocenters. The molecule has 1 atom stereocenters. The van der Waals surface area contributed by atoms with Crippen LogP contribution >= 0.6 is 0 Å². The first kappa shape index (κ1) is 14.6. The predicted octanol–water partition coefficient (Wildman–Crippen LogP) is 1.86. The van der Waals surface area contributed by atoms with Crippen molar-refractivity contribution in [2.45, 2.75) is 51.5 Å². The number of aromatic nitrogens is 2. The van der Waals surface area contributed by atoms with Crippen molar-refractivity contribution in [3.63, 3.8) is 0 Å². The maximum absolute atomic E-state index is 11.9. The van der Waals surface area contributed by atoms with Gasteiger partial charge in [-0.15, -0.1) is 0 Å². The number of nitrogens with one attached hydrogen (secondary N) is 2. The highest BCUT2D eigenvalue weighted by molar-refractivity contribution is 5.38. The smallest absolute Gasteiger partial charge is 0.252 e. The predicted molar refractivity (Wildman–Crippen MR) is 84.9 cm³/mol. The molecule has 0 spiro atoms. The SMILES string of the molecule is CC(C)c1nc(N(CC2CC2)CC2CCCN2)cc(=O)[nH]1. The second-order valence-electron chi connectivity index (χ2n) is 6.79. The summed E-state index contributed by atoms with van der Waals surface area (Å²) in [4.78, 5) is 21.8. The summed E-state index contributed by atoms with van der Waals surface area (Å²) in [6.45, 7) is 7.23. The first-order chi connectivity index (χ1) is 10.1. The molecule has 1 aliphatic heterocycles. The third-order valence-electron chi connectivity index (χ3n) is 4.40. The van der Waals surface area contributed by atoms with Crippen molar-refractivity contribution in [3.8, 4) is 0 Å². The second kappa shape index (κ2) is 6.18. The molecule has 0 bridgehead atoms. The van der Waals surface area contributed by atoms with Gasteiger partial charge in [-0.2, -0.15) is 0 Å². The lowest BCUT2D eigenvalue weighted by atomic mass is 10.2. The minimum atomic E-state index is -0.0381. The van der Waals surface area contributed by atoms with Gasteiger partial charge in [-0.1, -0.05) is 13.8 Å². The van der Waals surface area contributed by atoms with E-state index in [-0.39, 0.29) is 11.5 Å². The van der Waals surface area contributed by atoms with Crippen molar-refractivity contribution in [3.05, 3.63) is 22.2 Å². The Morgan fingerprint density at radius 2 is 2.14 bits per heavy atom. The molecule has 1 aromatic heterocycles. The van der Waals surface area contributed by atoms with Gasteiger partial charge in [0, 0.05) is 31.1 Å². The summed E-state index contributed by atoms with van der Waals surface area (Å²) in [5, 5.41) is 3.55. The largest absolute Gasteiger partial charge is 0.355 e. The molecule has 2 aliphatic rings. The molecule has 0 amide bonds. The molecule has 1 aromatic rings. The van der Waals surface area contributed by atoms with E-state index < -0.39 is 0 Å². The molecule has 1 aliphatic carbocycles. The zero-order valence-electron chi connectivity index (χ0n) is 13.1. The number of hydrogen-bond acceptors (Lipinski definition) is 4. The monoisotopic (exact) mass is 290 g/mol. The fourth-order valence-corrected chi connectivity index (χ4v) is 2.95. The Kier molecular flexibility index (Phi) is 4.29. The molecule has 1 saturated heterocycles. The van der Waals surface area contributed by atoms with Crippen LogP contribution in [0.5, 0.6) is 0 Å². The Bertz CT molecular complexity index is 529. The Hall–Kier alpha value is -1.36. The molecule has 0 radical (unpaired) electrons. The molecular formula is C16H26N4O. The van der Waals surface area contributed by atoms with Crippen molar-refractivity contribution < 1.29 is 0 Å². The number of H-pyrrole nitrogens is 1. The first-order valence-corrected chi connectivity index (χ1v) is 8.21. The lowest BCUT2D eigenvalue weighted by Crippen LogP contribution is -2.39. The van der Waals surface area contributed by atoms with Gasteiger partial charge in [0.25, 0.3) is 5.56 Å². The van der Waals surface area contributed by atoms with E-state index in [4.69, 9.17) is 4.98 Å². The molecule has 0 aromatic carbocycles. The van der Waals surface area contributed by atoms with Crippen molar-refractivity contribution in [2.24, 2.45) is 5.92 Å². The zero-order chi connectivity index (χ0) is 14.8. The maximum atomic E-state index is 11.9. The van der Waals surface area contributed by atoms with E-state index in [0.717, 1.165) is 37.2 Å². The minimum absolute atomic E-state index is 0.0381. The van der Waals surface area contributed by atoms with Crippen LogP contribution in [0.15, 0.2) is 10.9 Å². The summed E-state index contributed by atoms with van der Waals surface area (Å²) >= 11 is 0. The van der Waals surface area contributed by atoms with Gasteiger partial charge in [-0.3, -0.25) is 4.79 Å². The molecule has 2 N–H and O–H groups in total. The molecule has 116 valence electrons. The molecule has 5 heteroatoms. The molecule has 21 heavy (non-hydrogen) atoms. The van der Waals surface area contributed by atoms with Crippen LogP contribution in [0.2, 0.25) is 0 Å². The standard InChI is InChI=1S/C16H26N4O/c1-11(2)16-18-14(8-15(21)19-16)20(9-12-5-6-12)10-13-4-3-7-17-13/h8,11-13,17H,3-7,9-10H2,1-2H3,(H,18,19,21). The van der Waals surface area contributed by atoms with Gasteiger partial charge in [-0.25, -0.2) is 4.98 Å². The molecule has 3 rings (SSSR count). The normalized spacial score (nSPS) is 22.0. The van der Waals surface area contributed by atoms with Crippen LogP contribution in [-0.4, -0.2) is 35.6 Å². The summed E-state index contributed by atoms with van der Waals surface area (Å²) in [5.41, 5.74) is -0.0381. The van der Waals surface area contributed by atoms with E-state index in [9.17, 15) is 4.79 Å². The molecular weight excluding hydrogens is 264 g/mol. The Morgan fingerprint density at radius 3 is 2.76 bits per heavy atom. The lowest BCUT2D eigenvalue weighted by Gasteiger charge is -2.27. The van der Waals surface area contributed by atoms with E-state index >= 15 is 0 Å². The van der Waals surface area contributed by atoms with Crippen LogP contribution in [0.1, 0.15) is 51.3 Å². The molecule has 5 nitrogen and oxygen atoms in total. The highest BCUT2D eigenvalue weighted by atomic mass is 16.1. The van der Waals surface area contributed by atoms with Gasteiger partial charge in [0.1, 0.15) is 11.6 Å². The summed E-state index contributed by atoms with van der Waals surface area (Å²) < 4.78 is 0. The van der Waals surface area contributed by atoms with Crippen molar-refractivity contribution in [1.29, 1.82) is 0 Å². The Labute approximate surface area is 126 Å². The van der Waals surface area contributed by atoms with Gasteiger partial charge in [-0.05, 0) is 38.1 Å². The number of anilines is 1. The van der Waals surface area contributed by atoms with Crippen LogP contribution in [0.25, 0.3) is 0 Å². The van der Waals surface area contributed by atoms with Crippen LogP contribution < -0.4 is 15.8 Å². The first-order valence-electron chi connectivity index (χ1n) is 8.21. The van der Waals surface area contributed by atoms with Gasteiger partial charge in [0.05, 0.1) is 0 Å². The fourth-order valence-electron chi connectivity index (χ4n) is 2.95. The van der Waals surface area contributed by atoms with E-state index in [1.165, 1.54) is 25.7 Å². The van der Waals surface area contributed by atoms with Crippen LogP contribution in [0, 0.1) is 5.92 Å². The second-order valence-corrected chi connectivity index (χ2v) is 6.79. The maximum Gasteiger partial charge on any atom is 0.252 e. The Morgan fingerprint density at radius 1 is 1.33 bits per heavy atom. The van der Waals surface area contributed by atoms with Gasteiger partial charge >= 0.3 is 0 Å². The van der Waals surface area contributed by atoms with Gasteiger partial charge < -0.3 is 15.2 Å². The summed E-state index contributed by atoms with van der Waals surface area (Å²) in [6, 6.07) is 2.19. The van der Waals surface area contributed by atoms with E-state index in [1.807, 2.05) is 0 Å². The van der Waals surface area contributed by atoms with Crippen molar-refractivity contribution >= 4 is 5.82 Å². The quantitative estimate of drug-likeness (QED) is 0.839. The average molecular weight is 290 g/mol. The molecule has 1 saturated carbocycles. The number of rotatable bonds is 6. The molecule has 2 fully saturated rings. The van der Waals surface area contributed by atoms with Crippen molar-refractivity contribution in [1.82, 2.24) is 15.3 Å². The highest BCUT2D eigenvalue weighted by Crippen LogP contribution is 2.31. The zero-order valence-corrected chi connectivity index (χ0v) is 13.1.